The number of nitrogens with one attached hydrogen (secondary N) is 2. The second-order valence-corrected chi connectivity index (χ2v) is 8.70. The molecule has 0 aliphatic heterocycles. The van der Waals surface area contributed by atoms with Crippen molar-refractivity contribution in [2.24, 2.45) is 0 Å². The molecule has 9 heteroatoms. The Morgan fingerprint density at radius 3 is 2.23 bits per heavy atom. The van der Waals surface area contributed by atoms with Gasteiger partial charge in [0.05, 0.1) is 4.90 Å². The maximum absolute atomic E-state index is 13.5. The first-order valence-electron chi connectivity index (χ1n) is 9.98. The zero-order chi connectivity index (χ0) is 22.6. The molecule has 3 aromatic rings. The van der Waals surface area contributed by atoms with Crippen molar-refractivity contribution in [1.29, 1.82) is 0 Å². The molecule has 7 nitrogen and oxygen atoms in total. The molecular weight excluding hydrogens is 417 g/mol. The predicted molar refractivity (Wildman–Crippen MR) is 122 cm³/mol. The molecule has 1 heterocycles. The van der Waals surface area contributed by atoms with E-state index < -0.39 is 15.8 Å². The highest BCUT2D eigenvalue weighted by Gasteiger charge is 2.18. The van der Waals surface area contributed by atoms with Gasteiger partial charge in [0, 0.05) is 30.5 Å². The average molecular weight is 444 g/mol. The first-order valence-corrected chi connectivity index (χ1v) is 11.5. The van der Waals surface area contributed by atoms with Crippen LogP contribution in [0, 0.1) is 19.7 Å². The molecular formula is C22H26FN5O2S. The van der Waals surface area contributed by atoms with Gasteiger partial charge in [-0.05, 0) is 69.7 Å². The summed E-state index contributed by atoms with van der Waals surface area (Å²) in [6, 6.07) is 12.3. The number of nitrogens with zero attached hydrogens (tertiary/aromatic N) is 3. The van der Waals surface area contributed by atoms with E-state index in [1.165, 1.54) is 12.1 Å². The van der Waals surface area contributed by atoms with Gasteiger partial charge in [-0.1, -0.05) is 6.07 Å². The van der Waals surface area contributed by atoms with Crippen LogP contribution in [0.15, 0.2) is 53.4 Å². The van der Waals surface area contributed by atoms with Crippen molar-refractivity contribution in [3.8, 4) is 0 Å². The number of hydrogen-bond acceptors (Lipinski definition) is 6. The molecule has 0 unspecified atom stereocenters. The van der Waals surface area contributed by atoms with Gasteiger partial charge < -0.3 is 10.2 Å². The third-order valence-corrected chi connectivity index (χ3v) is 6.28. The monoisotopic (exact) mass is 443 g/mol. The van der Waals surface area contributed by atoms with Crippen molar-refractivity contribution in [2.45, 2.75) is 32.6 Å². The summed E-state index contributed by atoms with van der Waals surface area (Å²) in [5, 5.41) is 3.22. The summed E-state index contributed by atoms with van der Waals surface area (Å²) in [6.07, 6.45) is 0. The quantitative estimate of drug-likeness (QED) is 0.528. The van der Waals surface area contributed by atoms with Crippen molar-refractivity contribution < 1.29 is 12.8 Å². The molecule has 0 radical (unpaired) electrons. The lowest BCUT2D eigenvalue weighted by molar-refractivity contribution is 0.594. The molecule has 0 atom stereocenters. The standard InChI is InChI=1S/C22H26FN5O2S/c1-5-28(6-2)22-14-21(24-16(4)25-22)26-18-9-11-19(12-10-18)27-31(29,30)20-13-17(23)8-7-15(20)3/h7-14,27H,5-6H2,1-4H3,(H,24,25,26). The molecule has 0 bridgehead atoms. The Kier molecular flexibility index (Phi) is 6.74. The SMILES string of the molecule is CCN(CC)c1cc(Nc2ccc(NS(=O)(=O)c3cc(F)ccc3C)cc2)nc(C)n1. The predicted octanol–water partition coefficient (Wildman–Crippen LogP) is 4.62. The summed E-state index contributed by atoms with van der Waals surface area (Å²) in [5.74, 6) is 1.55. The Balaban J connectivity index is 1.77. The topological polar surface area (TPSA) is 87.2 Å². The van der Waals surface area contributed by atoms with E-state index in [1.54, 1.807) is 31.2 Å². The summed E-state index contributed by atoms with van der Waals surface area (Å²) in [5.41, 5.74) is 1.58. The fraction of sp³-hybridized carbons (Fsp3) is 0.273. The van der Waals surface area contributed by atoms with E-state index in [1.807, 2.05) is 13.0 Å². The maximum atomic E-state index is 13.5. The molecule has 164 valence electrons. The summed E-state index contributed by atoms with van der Waals surface area (Å²) >= 11 is 0. The molecule has 2 aromatic carbocycles. The first-order chi connectivity index (χ1) is 14.7. The van der Waals surface area contributed by atoms with Gasteiger partial charge >= 0.3 is 0 Å². The first kappa shape index (κ1) is 22.5. The molecule has 0 spiro atoms. The van der Waals surface area contributed by atoms with Crippen molar-refractivity contribution >= 4 is 33.0 Å². The van der Waals surface area contributed by atoms with E-state index in [4.69, 9.17) is 0 Å². The Morgan fingerprint density at radius 1 is 0.935 bits per heavy atom. The van der Waals surface area contributed by atoms with E-state index in [2.05, 4.69) is 38.8 Å². The third-order valence-electron chi connectivity index (χ3n) is 4.76. The van der Waals surface area contributed by atoms with Gasteiger partial charge in [0.25, 0.3) is 10.0 Å². The number of halogens is 1. The van der Waals surface area contributed by atoms with Crippen LogP contribution in [0.4, 0.5) is 27.4 Å². The minimum Gasteiger partial charge on any atom is -0.357 e. The highest BCUT2D eigenvalue weighted by Crippen LogP contribution is 2.24. The van der Waals surface area contributed by atoms with E-state index in [0.29, 0.717) is 22.9 Å². The Bertz CT molecular complexity index is 1160. The lowest BCUT2D eigenvalue weighted by atomic mass is 10.2. The van der Waals surface area contributed by atoms with E-state index >= 15 is 0 Å². The molecule has 0 aliphatic carbocycles. The number of rotatable bonds is 8. The highest BCUT2D eigenvalue weighted by atomic mass is 32.2. The fourth-order valence-electron chi connectivity index (χ4n) is 3.17. The van der Waals surface area contributed by atoms with Crippen LogP contribution in [0.1, 0.15) is 25.2 Å². The molecule has 0 amide bonds. The van der Waals surface area contributed by atoms with Gasteiger partial charge in [-0.15, -0.1) is 0 Å². The van der Waals surface area contributed by atoms with Crippen LogP contribution in [0.5, 0.6) is 0 Å². The lowest BCUT2D eigenvalue weighted by Crippen LogP contribution is -2.23. The van der Waals surface area contributed by atoms with Gasteiger partial charge in [0.2, 0.25) is 0 Å². The van der Waals surface area contributed by atoms with Crippen LogP contribution < -0.4 is 14.9 Å². The molecule has 0 saturated heterocycles. The normalized spacial score (nSPS) is 11.3. The second-order valence-electron chi connectivity index (χ2n) is 7.05. The fourth-order valence-corrected chi connectivity index (χ4v) is 4.48. The molecule has 0 aliphatic rings. The van der Waals surface area contributed by atoms with E-state index in [9.17, 15) is 12.8 Å². The number of aromatic nitrogens is 2. The van der Waals surface area contributed by atoms with Crippen molar-refractivity contribution in [2.75, 3.05) is 28.0 Å². The van der Waals surface area contributed by atoms with Crippen LogP contribution in [0.2, 0.25) is 0 Å². The average Bonchev–Trinajstić information content (AvgIpc) is 2.71. The van der Waals surface area contributed by atoms with E-state index in [-0.39, 0.29) is 4.90 Å². The number of aryl methyl sites for hydroxylation is 2. The van der Waals surface area contributed by atoms with Crippen LogP contribution in [0.25, 0.3) is 0 Å². The number of sulfonamides is 1. The van der Waals surface area contributed by atoms with Crippen LogP contribution in [-0.2, 0) is 10.0 Å². The van der Waals surface area contributed by atoms with Gasteiger partial charge in [-0.3, -0.25) is 4.72 Å². The third kappa shape index (κ3) is 5.49. The summed E-state index contributed by atoms with van der Waals surface area (Å²) < 4.78 is 41.3. The van der Waals surface area contributed by atoms with Gasteiger partial charge in [-0.25, -0.2) is 22.8 Å². The number of hydrogen-bond donors (Lipinski definition) is 2. The van der Waals surface area contributed by atoms with Crippen molar-refractivity contribution in [3.63, 3.8) is 0 Å². The minimum atomic E-state index is -3.90. The van der Waals surface area contributed by atoms with Gasteiger partial charge in [0.15, 0.2) is 0 Å². The summed E-state index contributed by atoms with van der Waals surface area (Å²) in [4.78, 5) is 11.0. The zero-order valence-corrected chi connectivity index (χ0v) is 18.8. The van der Waals surface area contributed by atoms with Crippen molar-refractivity contribution in [3.05, 3.63) is 65.7 Å². The van der Waals surface area contributed by atoms with Crippen LogP contribution in [-0.4, -0.2) is 31.5 Å². The largest absolute Gasteiger partial charge is 0.357 e. The smallest absolute Gasteiger partial charge is 0.262 e. The van der Waals surface area contributed by atoms with Gasteiger partial charge in [-0.2, -0.15) is 0 Å². The van der Waals surface area contributed by atoms with E-state index in [0.717, 1.165) is 30.7 Å². The summed E-state index contributed by atoms with van der Waals surface area (Å²) in [6.45, 7) is 9.28. The van der Waals surface area contributed by atoms with Gasteiger partial charge in [0.1, 0.15) is 23.3 Å². The molecule has 2 N–H and O–H groups in total. The molecule has 0 fully saturated rings. The highest BCUT2D eigenvalue weighted by molar-refractivity contribution is 7.92. The molecule has 0 saturated carbocycles. The molecule has 31 heavy (non-hydrogen) atoms. The number of benzene rings is 2. The maximum Gasteiger partial charge on any atom is 0.262 e. The Labute approximate surface area is 182 Å². The molecule has 1 aromatic heterocycles. The van der Waals surface area contributed by atoms with Crippen LogP contribution >= 0.6 is 0 Å². The van der Waals surface area contributed by atoms with Crippen molar-refractivity contribution in [1.82, 2.24) is 9.97 Å². The number of anilines is 4. The lowest BCUT2D eigenvalue weighted by Gasteiger charge is -2.20. The van der Waals surface area contributed by atoms with Crippen LogP contribution in [0.3, 0.4) is 0 Å². The Morgan fingerprint density at radius 2 is 1.58 bits per heavy atom. The molecule has 3 rings (SSSR count). The minimum absolute atomic E-state index is 0.0879. The second kappa shape index (κ2) is 9.30. The zero-order valence-electron chi connectivity index (χ0n) is 18.0. The Hall–Kier alpha value is -3.20. The summed E-state index contributed by atoms with van der Waals surface area (Å²) in [7, 11) is -3.90.